The highest BCUT2D eigenvalue weighted by molar-refractivity contribution is 7.13. The molecule has 0 unspecified atom stereocenters. The Morgan fingerprint density at radius 3 is 2.48 bits per heavy atom. The summed E-state index contributed by atoms with van der Waals surface area (Å²) in [5.74, 6) is 0.544. The number of benzene rings is 2. The normalized spacial score (nSPS) is 11.1. The average Bonchev–Trinajstić information content (AvgIpc) is 3.08. The minimum absolute atomic E-state index is 0.544. The van der Waals surface area contributed by atoms with Gasteiger partial charge in [-0.1, -0.05) is 54.6 Å². The van der Waals surface area contributed by atoms with E-state index in [4.69, 9.17) is 11.6 Å². The summed E-state index contributed by atoms with van der Waals surface area (Å²) in [5.41, 5.74) is 6.54. The first kappa shape index (κ1) is 14.1. The molecule has 0 N–H and O–H groups in total. The Labute approximate surface area is 133 Å². The molecule has 0 amide bonds. The molecule has 3 heteroatoms. The number of halogens is 1. The Balaban J connectivity index is 1.84. The summed E-state index contributed by atoms with van der Waals surface area (Å²) in [6.45, 7) is 0. The molecule has 3 rings (SSSR count). The Morgan fingerprint density at radius 2 is 1.76 bits per heavy atom. The fourth-order valence-electron chi connectivity index (χ4n) is 2.13. The van der Waals surface area contributed by atoms with Crippen LogP contribution in [0.25, 0.3) is 22.6 Å². The standard InChI is InChI=1S/C18H14ClNS/c19-11-16-5-1-3-14(9-16)7-8-15-4-2-6-17(10-15)18-12-20-13-21-18/h1-10,12-13H,11H2. The second kappa shape index (κ2) is 6.70. The molecule has 0 saturated carbocycles. The van der Waals surface area contributed by atoms with Crippen LogP contribution in [-0.4, -0.2) is 4.98 Å². The van der Waals surface area contributed by atoms with Gasteiger partial charge in [-0.3, -0.25) is 4.98 Å². The third-order valence-corrected chi connectivity index (χ3v) is 4.31. The number of aromatic nitrogens is 1. The highest BCUT2D eigenvalue weighted by Crippen LogP contribution is 2.24. The van der Waals surface area contributed by atoms with Gasteiger partial charge >= 0.3 is 0 Å². The minimum atomic E-state index is 0.544. The van der Waals surface area contributed by atoms with Crippen molar-refractivity contribution < 1.29 is 0 Å². The number of alkyl halides is 1. The summed E-state index contributed by atoms with van der Waals surface area (Å²) in [4.78, 5) is 5.32. The van der Waals surface area contributed by atoms with Crippen molar-refractivity contribution in [3.63, 3.8) is 0 Å². The molecule has 0 aliphatic rings. The number of hydrogen-bond acceptors (Lipinski definition) is 2. The Morgan fingerprint density at radius 1 is 1.00 bits per heavy atom. The lowest BCUT2D eigenvalue weighted by atomic mass is 10.1. The molecule has 0 saturated heterocycles. The van der Waals surface area contributed by atoms with Crippen LogP contribution in [0.1, 0.15) is 16.7 Å². The van der Waals surface area contributed by atoms with E-state index in [9.17, 15) is 0 Å². The molecule has 0 atom stereocenters. The summed E-state index contributed by atoms with van der Waals surface area (Å²) in [5, 5.41) is 0. The van der Waals surface area contributed by atoms with Gasteiger partial charge in [-0.15, -0.1) is 22.9 Å². The molecule has 0 aliphatic heterocycles. The largest absolute Gasteiger partial charge is 0.252 e. The molecular weight excluding hydrogens is 298 g/mol. The number of hydrogen-bond donors (Lipinski definition) is 0. The van der Waals surface area contributed by atoms with Crippen LogP contribution in [0.5, 0.6) is 0 Å². The summed E-state index contributed by atoms with van der Waals surface area (Å²) < 4.78 is 0. The van der Waals surface area contributed by atoms with Crippen LogP contribution >= 0.6 is 22.9 Å². The zero-order chi connectivity index (χ0) is 14.5. The van der Waals surface area contributed by atoms with E-state index in [1.807, 2.05) is 23.8 Å². The fraction of sp³-hybridized carbons (Fsp3) is 0.0556. The van der Waals surface area contributed by atoms with Crippen molar-refractivity contribution in [1.29, 1.82) is 0 Å². The van der Waals surface area contributed by atoms with Crippen molar-refractivity contribution in [1.82, 2.24) is 4.98 Å². The van der Waals surface area contributed by atoms with E-state index in [1.165, 1.54) is 16.0 Å². The zero-order valence-corrected chi connectivity index (χ0v) is 12.9. The quantitative estimate of drug-likeness (QED) is 0.443. The predicted octanol–water partition coefficient (Wildman–Crippen LogP) is 5.72. The topological polar surface area (TPSA) is 12.9 Å². The maximum absolute atomic E-state index is 5.87. The van der Waals surface area contributed by atoms with Crippen LogP contribution in [0.2, 0.25) is 0 Å². The van der Waals surface area contributed by atoms with Gasteiger partial charge in [0.25, 0.3) is 0 Å². The maximum Gasteiger partial charge on any atom is 0.0797 e. The van der Waals surface area contributed by atoms with Crippen molar-refractivity contribution in [3.8, 4) is 10.4 Å². The summed E-state index contributed by atoms with van der Waals surface area (Å²) in [6, 6.07) is 16.7. The van der Waals surface area contributed by atoms with Gasteiger partial charge in [-0.05, 0) is 28.3 Å². The molecular formula is C18H14ClNS. The molecule has 1 aromatic heterocycles. The molecule has 1 nitrogen and oxygen atoms in total. The summed E-state index contributed by atoms with van der Waals surface area (Å²) in [6.07, 6.45) is 6.14. The molecule has 3 aromatic rings. The number of nitrogens with zero attached hydrogens (tertiary/aromatic N) is 1. The number of thiazole rings is 1. The van der Waals surface area contributed by atoms with Crippen LogP contribution < -0.4 is 0 Å². The van der Waals surface area contributed by atoms with Crippen molar-refractivity contribution in [2.75, 3.05) is 0 Å². The molecule has 104 valence electrons. The first-order valence-electron chi connectivity index (χ1n) is 6.67. The van der Waals surface area contributed by atoms with Crippen LogP contribution in [0.4, 0.5) is 0 Å². The highest BCUT2D eigenvalue weighted by Gasteiger charge is 1.99. The van der Waals surface area contributed by atoms with Crippen molar-refractivity contribution >= 4 is 35.1 Å². The summed E-state index contributed by atoms with van der Waals surface area (Å²) >= 11 is 7.52. The van der Waals surface area contributed by atoms with Gasteiger partial charge in [0.2, 0.25) is 0 Å². The third kappa shape index (κ3) is 3.60. The predicted molar refractivity (Wildman–Crippen MR) is 92.5 cm³/mol. The first-order valence-corrected chi connectivity index (χ1v) is 8.08. The van der Waals surface area contributed by atoms with E-state index >= 15 is 0 Å². The van der Waals surface area contributed by atoms with Crippen molar-refractivity contribution in [3.05, 3.63) is 76.9 Å². The van der Waals surface area contributed by atoms with Gasteiger partial charge in [0.15, 0.2) is 0 Å². The Bertz CT molecular complexity index is 747. The van der Waals surface area contributed by atoms with E-state index in [0.29, 0.717) is 5.88 Å². The highest BCUT2D eigenvalue weighted by atomic mass is 35.5. The van der Waals surface area contributed by atoms with Gasteiger partial charge in [0.1, 0.15) is 0 Å². The van der Waals surface area contributed by atoms with Gasteiger partial charge < -0.3 is 0 Å². The lowest BCUT2D eigenvalue weighted by Gasteiger charge is -2.00. The number of rotatable bonds is 4. The Hall–Kier alpha value is -1.90. The van der Waals surface area contributed by atoms with Gasteiger partial charge in [-0.25, -0.2) is 0 Å². The second-order valence-electron chi connectivity index (χ2n) is 4.70. The molecule has 0 radical (unpaired) electrons. The molecule has 21 heavy (non-hydrogen) atoms. The van der Waals surface area contributed by atoms with Crippen LogP contribution in [0.3, 0.4) is 0 Å². The van der Waals surface area contributed by atoms with Gasteiger partial charge in [-0.2, -0.15) is 0 Å². The molecule has 0 spiro atoms. The van der Waals surface area contributed by atoms with E-state index in [0.717, 1.165) is 11.1 Å². The molecule has 1 heterocycles. The maximum atomic E-state index is 5.87. The van der Waals surface area contributed by atoms with Crippen LogP contribution in [-0.2, 0) is 5.88 Å². The second-order valence-corrected chi connectivity index (χ2v) is 5.86. The SMILES string of the molecule is ClCc1cccc(C=Cc2cccc(-c3cncs3)c2)c1. The van der Waals surface area contributed by atoms with Crippen molar-refractivity contribution in [2.24, 2.45) is 0 Å². The third-order valence-electron chi connectivity index (χ3n) is 3.18. The van der Waals surface area contributed by atoms with E-state index in [2.05, 4.69) is 53.5 Å². The average molecular weight is 312 g/mol. The zero-order valence-electron chi connectivity index (χ0n) is 11.4. The van der Waals surface area contributed by atoms with E-state index in [1.54, 1.807) is 11.3 Å². The van der Waals surface area contributed by atoms with E-state index < -0.39 is 0 Å². The smallest absolute Gasteiger partial charge is 0.0797 e. The molecule has 2 aromatic carbocycles. The van der Waals surface area contributed by atoms with Gasteiger partial charge in [0, 0.05) is 12.1 Å². The van der Waals surface area contributed by atoms with Crippen molar-refractivity contribution in [2.45, 2.75) is 5.88 Å². The molecule has 0 fully saturated rings. The fourth-order valence-corrected chi connectivity index (χ4v) is 2.91. The van der Waals surface area contributed by atoms with E-state index in [-0.39, 0.29) is 0 Å². The minimum Gasteiger partial charge on any atom is -0.252 e. The molecule has 0 aliphatic carbocycles. The summed E-state index contributed by atoms with van der Waals surface area (Å²) in [7, 11) is 0. The van der Waals surface area contributed by atoms with Crippen LogP contribution in [0, 0.1) is 0 Å². The van der Waals surface area contributed by atoms with Gasteiger partial charge in [0.05, 0.1) is 10.4 Å². The Kier molecular flexibility index (Phi) is 4.49. The first-order chi connectivity index (χ1) is 10.3. The monoisotopic (exact) mass is 311 g/mol. The lowest BCUT2D eigenvalue weighted by molar-refractivity contribution is 1.39. The van der Waals surface area contributed by atoms with Crippen LogP contribution in [0.15, 0.2) is 60.2 Å². The lowest BCUT2D eigenvalue weighted by Crippen LogP contribution is -1.79. The molecule has 0 bridgehead atoms.